The van der Waals surface area contributed by atoms with Crippen molar-refractivity contribution < 1.29 is 14.3 Å². The van der Waals surface area contributed by atoms with Gasteiger partial charge < -0.3 is 9.30 Å². The maximum atomic E-state index is 12.6. The van der Waals surface area contributed by atoms with Crippen LogP contribution in [0.25, 0.3) is 5.69 Å². The van der Waals surface area contributed by atoms with Gasteiger partial charge in [-0.2, -0.15) is 5.10 Å². The second kappa shape index (κ2) is 9.76. The van der Waals surface area contributed by atoms with Gasteiger partial charge in [0.1, 0.15) is 5.75 Å². The van der Waals surface area contributed by atoms with E-state index in [9.17, 15) is 9.59 Å². The first-order valence-electron chi connectivity index (χ1n) is 9.74. The zero-order chi connectivity index (χ0) is 22.3. The molecule has 32 heavy (non-hydrogen) atoms. The molecule has 158 valence electrons. The van der Waals surface area contributed by atoms with E-state index in [1.807, 2.05) is 41.2 Å². The Morgan fingerprint density at radius 2 is 1.56 bits per heavy atom. The van der Waals surface area contributed by atoms with E-state index in [0.717, 1.165) is 11.3 Å². The fourth-order valence-electron chi connectivity index (χ4n) is 2.99. The molecule has 0 aliphatic rings. The fraction of sp³-hybridized carbons (Fsp3) is 0. The summed E-state index contributed by atoms with van der Waals surface area (Å²) in [4.78, 5) is 24.7. The molecule has 0 spiro atoms. The van der Waals surface area contributed by atoms with Crippen LogP contribution in [0.4, 0.5) is 0 Å². The van der Waals surface area contributed by atoms with E-state index >= 15 is 0 Å². The van der Waals surface area contributed by atoms with E-state index in [4.69, 9.17) is 16.3 Å². The summed E-state index contributed by atoms with van der Waals surface area (Å²) in [5.74, 6) is -0.400. The van der Waals surface area contributed by atoms with Crippen molar-refractivity contribution in [3.8, 4) is 11.4 Å². The minimum atomic E-state index is -0.475. The maximum absolute atomic E-state index is 12.6. The Balaban J connectivity index is 1.37. The van der Waals surface area contributed by atoms with Gasteiger partial charge >= 0.3 is 5.97 Å². The average molecular weight is 444 g/mol. The molecule has 6 nitrogen and oxygen atoms in total. The highest BCUT2D eigenvalue weighted by atomic mass is 35.5. The molecular formula is C25H18ClN3O3. The molecule has 0 saturated carbocycles. The van der Waals surface area contributed by atoms with Crippen molar-refractivity contribution in [1.82, 2.24) is 9.99 Å². The summed E-state index contributed by atoms with van der Waals surface area (Å²) in [7, 11) is 0. The van der Waals surface area contributed by atoms with E-state index in [1.165, 1.54) is 6.21 Å². The Bertz CT molecular complexity index is 1250. The molecule has 0 bridgehead atoms. The lowest BCUT2D eigenvalue weighted by molar-refractivity contribution is 0.0734. The molecule has 7 heteroatoms. The molecule has 0 atom stereocenters. The van der Waals surface area contributed by atoms with Crippen molar-refractivity contribution in [3.05, 3.63) is 119 Å². The van der Waals surface area contributed by atoms with Gasteiger partial charge in [-0.15, -0.1) is 0 Å². The molecule has 0 saturated heterocycles. The van der Waals surface area contributed by atoms with E-state index in [1.54, 1.807) is 60.7 Å². The predicted molar refractivity (Wildman–Crippen MR) is 124 cm³/mol. The molecular weight excluding hydrogens is 426 g/mol. The molecule has 3 aromatic carbocycles. The van der Waals surface area contributed by atoms with Gasteiger partial charge in [-0.3, -0.25) is 4.79 Å². The zero-order valence-corrected chi connectivity index (χ0v) is 17.6. The number of aromatic nitrogens is 1. The summed E-state index contributed by atoms with van der Waals surface area (Å²) in [5, 5.41) is 4.58. The van der Waals surface area contributed by atoms with Gasteiger partial charge in [-0.1, -0.05) is 23.7 Å². The van der Waals surface area contributed by atoms with Gasteiger partial charge in [0.2, 0.25) is 0 Å². The van der Waals surface area contributed by atoms with Crippen molar-refractivity contribution >= 4 is 29.7 Å². The highest BCUT2D eigenvalue weighted by Crippen LogP contribution is 2.16. The normalized spacial score (nSPS) is 10.8. The fourth-order valence-corrected chi connectivity index (χ4v) is 3.11. The van der Waals surface area contributed by atoms with Gasteiger partial charge in [-0.05, 0) is 78.4 Å². The quantitative estimate of drug-likeness (QED) is 0.195. The lowest BCUT2D eigenvalue weighted by Gasteiger charge is -2.09. The minimum absolute atomic E-state index is 0.320. The average Bonchev–Trinajstić information content (AvgIpc) is 3.35. The van der Waals surface area contributed by atoms with Crippen LogP contribution in [0.15, 0.2) is 102 Å². The third kappa shape index (κ3) is 5.11. The van der Waals surface area contributed by atoms with E-state index in [-0.39, 0.29) is 5.91 Å². The van der Waals surface area contributed by atoms with Crippen molar-refractivity contribution in [2.75, 3.05) is 0 Å². The van der Waals surface area contributed by atoms with Gasteiger partial charge in [0.15, 0.2) is 0 Å². The topological polar surface area (TPSA) is 72.7 Å². The number of amides is 1. The molecule has 0 unspecified atom stereocenters. The van der Waals surface area contributed by atoms with Crippen molar-refractivity contribution in [2.45, 2.75) is 0 Å². The summed E-state index contributed by atoms with van der Waals surface area (Å²) in [5.41, 5.74) is 4.95. The lowest BCUT2D eigenvalue weighted by atomic mass is 10.1. The number of benzene rings is 3. The first kappa shape index (κ1) is 21.1. The summed E-state index contributed by atoms with van der Waals surface area (Å²) < 4.78 is 7.21. The molecule has 4 rings (SSSR count). The van der Waals surface area contributed by atoms with Crippen LogP contribution in [0.2, 0.25) is 5.02 Å². The summed E-state index contributed by atoms with van der Waals surface area (Å²) >= 11 is 5.83. The molecule has 1 amide bonds. The SMILES string of the molecule is O=C(Oc1ccc(C=NNC(=O)c2ccccc2-n2cccc2)cc1)c1ccc(Cl)cc1. The number of hydrogen-bond acceptors (Lipinski definition) is 4. The van der Waals surface area contributed by atoms with Crippen LogP contribution in [-0.2, 0) is 0 Å². The number of carbonyl (C=O) groups is 2. The Morgan fingerprint density at radius 3 is 2.28 bits per heavy atom. The number of carbonyl (C=O) groups excluding carboxylic acids is 2. The number of nitrogens with one attached hydrogen (secondary N) is 1. The standard InChI is InChI=1S/C25H18ClN3O3/c26-20-11-9-19(10-12-20)25(31)32-21-13-7-18(8-14-21)17-27-28-24(30)22-5-1-2-6-23(22)29-15-3-4-16-29/h1-17H,(H,28,30). The number of nitrogens with zero attached hydrogens (tertiary/aromatic N) is 2. The lowest BCUT2D eigenvalue weighted by Crippen LogP contribution is -2.19. The summed E-state index contributed by atoms with van der Waals surface area (Å²) in [6.45, 7) is 0. The monoisotopic (exact) mass is 443 g/mol. The molecule has 0 aliphatic heterocycles. The first-order valence-corrected chi connectivity index (χ1v) is 10.1. The van der Waals surface area contributed by atoms with Crippen molar-refractivity contribution in [1.29, 1.82) is 0 Å². The smallest absolute Gasteiger partial charge is 0.343 e. The number of para-hydroxylation sites is 1. The Kier molecular flexibility index (Phi) is 6.43. The molecule has 0 radical (unpaired) electrons. The number of esters is 1. The molecule has 1 heterocycles. The molecule has 1 N–H and O–H groups in total. The highest BCUT2D eigenvalue weighted by molar-refractivity contribution is 6.30. The van der Waals surface area contributed by atoms with E-state index in [0.29, 0.717) is 21.9 Å². The third-order valence-electron chi connectivity index (χ3n) is 4.58. The van der Waals surface area contributed by atoms with Crippen molar-refractivity contribution in [3.63, 3.8) is 0 Å². The van der Waals surface area contributed by atoms with Crippen LogP contribution in [0, 0.1) is 0 Å². The van der Waals surface area contributed by atoms with Crippen LogP contribution in [-0.4, -0.2) is 22.7 Å². The number of hydrazone groups is 1. The van der Waals surface area contributed by atoms with Crippen LogP contribution < -0.4 is 10.2 Å². The maximum Gasteiger partial charge on any atom is 0.343 e. The number of rotatable bonds is 6. The summed E-state index contributed by atoms with van der Waals surface area (Å²) in [6, 6.07) is 24.3. The van der Waals surface area contributed by atoms with Crippen LogP contribution in [0.5, 0.6) is 5.75 Å². The number of ether oxygens (including phenoxy) is 1. The number of halogens is 1. The third-order valence-corrected chi connectivity index (χ3v) is 4.83. The van der Waals surface area contributed by atoms with Crippen LogP contribution in [0.3, 0.4) is 0 Å². The van der Waals surface area contributed by atoms with Gasteiger partial charge in [0.25, 0.3) is 5.91 Å². The molecule has 0 fully saturated rings. The first-order chi connectivity index (χ1) is 15.6. The second-order valence-electron chi connectivity index (χ2n) is 6.77. The largest absolute Gasteiger partial charge is 0.423 e. The molecule has 1 aromatic heterocycles. The molecule has 4 aromatic rings. The van der Waals surface area contributed by atoms with Crippen molar-refractivity contribution in [2.24, 2.45) is 5.10 Å². The van der Waals surface area contributed by atoms with E-state index in [2.05, 4.69) is 10.5 Å². The van der Waals surface area contributed by atoms with Crippen LogP contribution >= 0.6 is 11.6 Å². The van der Waals surface area contributed by atoms with E-state index < -0.39 is 5.97 Å². The van der Waals surface area contributed by atoms with Gasteiger partial charge in [0.05, 0.1) is 23.0 Å². The highest BCUT2D eigenvalue weighted by Gasteiger charge is 2.11. The van der Waals surface area contributed by atoms with Gasteiger partial charge in [-0.25, -0.2) is 10.2 Å². The minimum Gasteiger partial charge on any atom is -0.423 e. The van der Waals surface area contributed by atoms with Gasteiger partial charge in [0, 0.05) is 17.4 Å². The Labute approximate surface area is 189 Å². The Hall–Kier alpha value is -4.16. The predicted octanol–water partition coefficient (Wildman–Crippen LogP) is 5.11. The summed E-state index contributed by atoms with van der Waals surface area (Å²) in [6.07, 6.45) is 5.26. The number of hydrogen-bond donors (Lipinski definition) is 1. The zero-order valence-electron chi connectivity index (χ0n) is 16.8. The second-order valence-corrected chi connectivity index (χ2v) is 7.21. The van der Waals surface area contributed by atoms with Crippen LogP contribution in [0.1, 0.15) is 26.3 Å². The molecule has 0 aliphatic carbocycles. The Morgan fingerprint density at radius 1 is 0.875 bits per heavy atom.